The summed E-state index contributed by atoms with van der Waals surface area (Å²) in [6.45, 7) is 7.97. The standard InChI is InChI=1S/C14H27NO/c1-4-10(5-2)14(15-6-3)12-9-11-7-8-13(12)16-11/h10-15H,4-9H2,1-3H3. The molecule has 2 bridgehead atoms. The first-order valence-electron chi connectivity index (χ1n) is 7.18. The van der Waals surface area contributed by atoms with Crippen LogP contribution in [0.3, 0.4) is 0 Å². The van der Waals surface area contributed by atoms with E-state index in [-0.39, 0.29) is 0 Å². The molecule has 0 aromatic heterocycles. The van der Waals surface area contributed by atoms with Crippen molar-refractivity contribution in [1.29, 1.82) is 0 Å². The van der Waals surface area contributed by atoms with Crippen LogP contribution in [0, 0.1) is 11.8 Å². The molecule has 16 heavy (non-hydrogen) atoms. The van der Waals surface area contributed by atoms with Crippen molar-refractivity contribution in [3.63, 3.8) is 0 Å². The minimum absolute atomic E-state index is 0.564. The first-order chi connectivity index (χ1) is 7.80. The number of fused-ring (bicyclic) bond motifs is 2. The molecule has 2 aliphatic heterocycles. The monoisotopic (exact) mass is 225 g/mol. The molecule has 1 N–H and O–H groups in total. The van der Waals surface area contributed by atoms with Crippen LogP contribution in [0.2, 0.25) is 0 Å². The highest BCUT2D eigenvalue weighted by Gasteiger charge is 2.45. The number of nitrogens with one attached hydrogen (secondary N) is 1. The van der Waals surface area contributed by atoms with Gasteiger partial charge in [0.1, 0.15) is 0 Å². The van der Waals surface area contributed by atoms with Gasteiger partial charge in [0.25, 0.3) is 0 Å². The van der Waals surface area contributed by atoms with Gasteiger partial charge in [-0.15, -0.1) is 0 Å². The van der Waals surface area contributed by atoms with Gasteiger partial charge in [-0.2, -0.15) is 0 Å². The second kappa shape index (κ2) is 5.50. The van der Waals surface area contributed by atoms with Crippen LogP contribution in [-0.2, 0) is 4.74 Å². The molecule has 0 radical (unpaired) electrons. The summed E-state index contributed by atoms with van der Waals surface area (Å²) >= 11 is 0. The zero-order valence-corrected chi connectivity index (χ0v) is 11.0. The Bertz CT molecular complexity index is 215. The van der Waals surface area contributed by atoms with Crippen LogP contribution in [0.15, 0.2) is 0 Å². The van der Waals surface area contributed by atoms with Crippen molar-refractivity contribution in [2.45, 2.75) is 71.1 Å². The van der Waals surface area contributed by atoms with Crippen LogP contribution >= 0.6 is 0 Å². The van der Waals surface area contributed by atoms with Gasteiger partial charge in [0.15, 0.2) is 0 Å². The van der Waals surface area contributed by atoms with Crippen molar-refractivity contribution in [1.82, 2.24) is 5.32 Å². The summed E-state index contributed by atoms with van der Waals surface area (Å²) in [7, 11) is 0. The van der Waals surface area contributed by atoms with Gasteiger partial charge < -0.3 is 10.1 Å². The lowest BCUT2D eigenvalue weighted by atomic mass is 9.77. The van der Waals surface area contributed by atoms with Gasteiger partial charge in [-0.3, -0.25) is 0 Å². The molecule has 4 atom stereocenters. The Morgan fingerprint density at radius 2 is 1.94 bits per heavy atom. The van der Waals surface area contributed by atoms with Crippen molar-refractivity contribution in [3.05, 3.63) is 0 Å². The van der Waals surface area contributed by atoms with E-state index in [0.717, 1.165) is 18.4 Å². The first-order valence-corrected chi connectivity index (χ1v) is 7.18. The van der Waals surface area contributed by atoms with E-state index < -0.39 is 0 Å². The Hall–Kier alpha value is -0.0800. The fraction of sp³-hybridized carbons (Fsp3) is 1.00. The minimum atomic E-state index is 0.564. The fourth-order valence-corrected chi connectivity index (χ4v) is 3.75. The molecule has 2 heteroatoms. The average molecular weight is 225 g/mol. The quantitative estimate of drug-likeness (QED) is 0.750. The van der Waals surface area contributed by atoms with Crippen LogP contribution in [0.25, 0.3) is 0 Å². The molecule has 0 amide bonds. The third-order valence-electron chi connectivity index (χ3n) is 4.61. The van der Waals surface area contributed by atoms with E-state index in [1.54, 1.807) is 0 Å². The number of rotatable bonds is 6. The maximum absolute atomic E-state index is 6.01. The van der Waals surface area contributed by atoms with Gasteiger partial charge >= 0.3 is 0 Å². The topological polar surface area (TPSA) is 21.3 Å². The first kappa shape index (κ1) is 12.4. The number of ether oxygens (including phenoxy) is 1. The van der Waals surface area contributed by atoms with Gasteiger partial charge in [-0.25, -0.2) is 0 Å². The van der Waals surface area contributed by atoms with E-state index in [2.05, 4.69) is 26.1 Å². The molecule has 4 unspecified atom stereocenters. The lowest BCUT2D eigenvalue weighted by Crippen LogP contribution is -2.45. The minimum Gasteiger partial charge on any atom is -0.375 e. The third-order valence-corrected chi connectivity index (χ3v) is 4.61. The SMILES string of the molecule is CCNC(C(CC)CC)C1CC2CCC1O2. The van der Waals surface area contributed by atoms with Crippen molar-refractivity contribution >= 4 is 0 Å². The molecule has 2 saturated heterocycles. The molecular weight excluding hydrogens is 198 g/mol. The molecule has 2 fully saturated rings. The summed E-state index contributed by atoms with van der Waals surface area (Å²) in [6.07, 6.45) is 7.66. The summed E-state index contributed by atoms with van der Waals surface area (Å²) in [4.78, 5) is 0. The Morgan fingerprint density at radius 1 is 1.19 bits per heavy atom. The molecule has 0 aromatic carbocycles. The zero-order valence-electron chi connectivity index (χ0n) is 11.0. The second-order valence-electron chi connectivity index (χ2n) is 5.43. The lowest BCUT2D eigenvalue weighted by Gasteiger charge is -2.34. The van der Waals surface area contributed by atoms with Gasteiger partial charge in [0, 0.05) is 12.0 Å². The summed E-state index contributed by atoms with van der Waals surface area (Å²) in [6, 6.07) is 0.690. The highest BCUT2D eigenvalue weighted by Crippen LogP contribution is 2.42. The smallest absolute Gasteiger partial charge is 0.0623 e. The molecule has 2 aliphatic rings. The van der Waals surface area contributed by atoms with Gasteiger partial charge in [0.2, 0.25) is 0 Å². The lowest BCUT2D eigenvalue weighted by molar-refractivity contribution is 0.0787. The molecular formula is C14H27NO. The van der Waals surface area contributed by atoms with Gasteiger partial charge in [-0.05, 0) is 31.7 Å². The van der Waals surface area contributed by atoms with E-state index in [1.165, 1.54) is 32.1 Å². The normalized spacial score (nSPS) is 34.9. The molecule has 0 spiro atoms. The van der Waals surface area contributed by atoms with E-state index in [0.29, 0.717) is 18.2 Å². The maximum Gasteiger partial charge on any atom is 0.0623 e. The zero-order chi connectivity index (χ0) is 11.5. The highest BCUT2D eigenvalue weighted by atomic mass is 16.5. The predicted molar refractivity (Wildman–Crippen MR) is 67.5 cm³/mol. The molecule has 2 heterocycles. The fourth-order valence-electron chi connectivity index (χ4n) is 3.75. The van der Waals surface area contributed by atoms with E-state index in [4.69, 9.17) is 4.74 Å². The summed E-state index contributed by atoms with van der Waals surface area (Å²) in [5.41, 5.74) is 0. The third kappa shape index (κ3) is 2.28. The van der Waals surface area contributed by atoms with Crippen molar-refractivity contribution in [2.75, 3.05) is 6.54 Å². The maximum atomic E-state index is 6.01. The van der Waals surface area contributed by atoms with Crippen molar-refractivity contribution < 1.29 is 4.74 Å². The molecule has 0 aliphatic carbocycles. The number of hydrogen-bond donors (Lipinski definition) is 1. The van der Waals surface area contributed by atoms with Gasteiger partial charge in [0.05, 0.1) is 12.2 Å². The Morgan fingerprint density at radius 3 is 2.38 bits per heavy atom. The molecule has 0 saturated carbocycles. The van der Waals surface area contributed by atoms with Crippen molar-refractivity contribution in [3.8, 4) is 0 Å². The van der Waals surface area contributed by atoms with E-state index in [1.807, 2.05) is 0 Å². The molecule has 2 rings (SSSR count). The summed E-state index contributed by atoms with van der Waals surface area (Å²) in [5, 5.41) is 3.73. The summed E-state index contributed by atoms with van der Waals surface area (Å²) in [5.74, 6) is 1.61. The van der Waals surface area contributed by atoms with Crippen LogP contribution in [0.1, 0.15) is 52.9 Å². The van der Waals surface area contributed by atoms with E-state index in [9.17, 15) is 0 Å². The van der Waals surface area contributed by atoms with Crippen LogP contribution in [0.5, 0.6) is 0 Å². The van der Waals surface area contributed by atoms with Crippen LogP contribution < -0.4 is 5.32 Å². The molecule has 2 nitrogen and oxygen atoms in total. The number of hydrogen-bond acceptors (Lipinski definition) is 2. The molecule has 0 aromatic rings. The van der Waals surface area contributed by atoms with Crippen LogP contribution in [0.4, 0.5) is 0 Å². The van der Waals surface area contributed by atoms with Crippen LogP contribution in [-0.4, -0.2) is 24.8 Å². The second-order valence-corrected chi connectivity index (χ2v) is 5.43. The highest BCUT2D eigenvalue weighted by molar-refractivity contribution is 4.96. The molecule has 94 valence electrons. The van der Waals surface area contributed by atoms with E-state index >= 15 is 0 Å². The Labute approximate surface area is 100 Å². The van der Waals surface area contributed by atoms with Crippen molar-refractivity contribution in [2.24, 2.45) is 11.8 Å². The van der Waals surface area contributed by atoms with Gasteiger partial charge in [-0.1, -0.05) is 33.6 Å². The largest absolute Gasteiger partial charge is 0.375 e. The Balaban J connectivity index is 2.01. The summed E-state index contributed by atoms with van der Waals surface area (Å²) < 4.78 is 6.01. The average Bonchev–Trinajstić information content (AvgIpc) is 2.91. The Kier molecular flexibility index (Phi) is 4.26. The predicted octanol–water partition coefficient (Wildman–Crippen LogP) is 2.97.